The third kappa shape index (κ3) is 7.33. The monoisotopic (exact) mass is 535 g/mol. The highest BCUT2D eigenvalue weighted by molar-refractivity contribution is 6.31. The number of rotatable bonds is 10. The summed E-state index contributed by atoms with van der Waals surface area (Å²) in [5.74, 6) is 0.426. The van der Waals surface area contributed by atoms with E-state index in [1.54, 1.807) is 0 Å². The molecule has 2 N–H and O–H groups in total. The first-order valence-electron chi connectivity index (χ1n) is 13.8. The van der Waals surface area contributed by atoms with E-state index < -0.39 is 0 Å². The minimum absolute atomic E-state index is 0.0890. The second-order valence-electron chi connectivity index (χ2n) is 10.8. The maximum absolute atomic E-state index is 13.6. The van der Waals surface area contributed by atoms with Crippen molar-refractivity contribution in [1.29, 1.82) is 0 Å². The summed E-state index contributed by atoms with van der Waals surface area (Å²) in [5.41, 5.74) is 1.90. The first-order chi connectivity index (χ1) is 18.3. The number of hydrazine groups is 1. The number of carbonyl (C=O) groups is 1. The number of halogens is 1. The summed E-state index contributed by atoms with van der Waals surface area (Å²) in [6, 6.07) is 21.9. The molecule has 0 aromatic heterocycles. The molecule has 3 aromatic rings. The summed E-state index contributed by atoms with van der Waals surface area (Å²) in [6.07, 6.45) is 2.57. The van der Waals surface area contributed by atoms with E-state index in [0.29, 0.717) is 48.7 Å². The van der Waals surface area contributed by atoms with Gasteiger partial charge in [-0.3, -0.25) is 4.79 Å². The molecule has 38 heavy (non-hydrogen) atoms. The van der Waals surface area contributed by atoms with Crippen LogP contribution in [0.5, 0.6) is 0 Å². The topological polar surface area (TPSA) is 64.5 Å². The third-order valence-corrected chi connectivity index (χ3v) is 7.80. The summed E-state index contributed by atoms with van der Waals surface area (Å²) >= 11 is 6.10. The number of hydrogen-bond donors (Lipinski definition) is 2. The number of nitroso groups, excluding NO2 is 1. The lowest BCUT2D eigenvalue weighted by molar-refractivity contribution is -0.732. The molecule has 1 fully saturated rings. The van der Waals surface area contributed by atoms with E-state index in [2.05, 4.69) is 55.7 Å². The molecule has 0 bridgehead atoms. The lowest BCUT2D eigenvalue weighted by Gasteiger charge is -2.22. The van der Waals surface area contributed by atoms with Crippen LogP contribution in [0.4, 0.5) is 0 Å². The Morgan fingerprint density at radius 1 is 1.05 bits per heavy atom. The molecule has 0 spiro atoms. The molecular formula is C31H40ClN4O2+. The summed E-state index contributed by atoms with van der Waals surface area (Å²) in [6.45, 7) is 8.93. The van der Waals surface area contributed by atoms with Crippen LogP contribution in [0.1, 0.15) is 61.9 Å². The lowest BCUT2D eigenvalue weighted by atomic mass is 9.95. The average Bonchev–Trinajstić information content (AvgIpc) is 3.07. The summed E-state index contributed by atoms with van der Waals surface area (Å²) in [7, 11) is 0. The van der Waals surface area contributed by atoms with Crippen LogP contribution in [-0.2, 0) is 0 Å². The van der Waals surface area contributed by atoms with Gasteiger partial charge in [0.15, 0.2) is 0 Å². The van der Waals surface area contributed by atoms with E-state index in [1.807, 2.05) is 47.5 Å². The van der Waals surface area contributed by atoms with Gasteiger partial charge in [-0.25, -0.2) is 0 Å². The maximum atomic E-state index is 13.6. The zero-order chi connectivity index (χ0) is 27.1. The van der Waals surface area contributed by atoms with Gasteiger partial charge in [-0.05, 0) is 59.4 Å². The van der Waals surface area contributed by atoms with Gasteiger partial charge in [0.2, 0.25) is 6.04 Å². The molecule has 3 aromatic carbocycles. The molecule has 1 heterocycles. The molecule has 3 atom stereocenters. The minimum Gasteiger partial charge on any atom is -0.352 e. The van der Waals surface area contributed by atoms with Gasteiger partial charge >= 0.3 is 0 Å². The van der Waals surface area contributed by atoms with Gasteiger partial charge in [0, 0.05) is 35.5 Å². The van der Waals surface area contributed by atoms with Crippen molar-refractivity contribution in [2.75, 3.05) is 26.2 Å². The van der Waals surface area contributed by atoms with Gasteiger partial charge in [0.25, 0.3) is 5.91 Å². The predicted octanol–water partition coefficient (Wildman–Crippen LogP) is 6.19. The highest BCUT2D eigenvalue weighted by Gasteiger charge is 2.39. The molecule has 0 radical (unpaired) electrons. The van der Waals surface area contributed by atoms with Crippen molar-refractivity contribution in [3.8, 4) is 0 Å². The van der Waals surface area contributed by atoms with Crippen molar-refractivity contribution in [2.24, 2.45) is 5.92 Å². The normalized spacial score (nSPS) is 19.0. The van der Waals surface area contributed by atoms with Crippen molar-refractivity contribution in [1.82, 2.24) is 15.6 Å². The summed E-state index contributed by atoms with van der Waals surface area (Å²) < 4.78 is 0. The molecule has 0 unspecified atom stereocenters. The first-order valence-corrected chi connectivity index (χ1v) is 14.2. The second kappa shape index (κ2) is 13.2. The van der Waals surface area contributed by atoms with Crippen LogP contribution in [-0.4, -0.2) is 54.0 Å². The third-order valence-electron chi connectivity index (χ3n) is 7.56. The largest absolute Gasteiger partial charge is 0.352 e. The van der Waals surface area contributed by atoms with Crippen LogP contribution in [0.3, 0.4) is 0 Å². The molecule has 1 amide bonds. The molecule has 7 heteroatoms. The van der Waals surface area contributed by atoms with Crippen LogP contribution in [0.2, 0.25) is 5.02 Å². The standard InChI is InChI=1S/C31H39ClN4O2/c1-4-24(25-8-6-5-7-9-25)21-35-15-14-23(16-30(36(35)38)20-33-22(2)3)19-34-31(37)28-11-10-27-18-29(32)13-12-26(27)17-28/h5-13,17-18,22-24,30,33H,4,14-16,19-21H2,1-3H3/p+1/t23-,24+,30-/m0/s1. The maximum Gasteiger partial charge on any atom is 0.251 e. The van der Waals surface area contributed by atoms with Gasteiger partial charge in [0.1, 0.15) is 4.87 Å². The lowest BCUT2D eigenvalue weighted by Crippen LogP contribution is -2.46. The molecule has 202 valence electrons. The van der Waals surface area contributed by atoms with Gasteiger partial charge < -0.3 is 10.6 Å². The first kappa shape index (κ1) is 28.1. The molecule has 0 aliphatic carbocycles. The highest BCUT2D eigenvalue weighted by Crippen LogP contribution is 2.26. The smallest absolute Gasteiger partial charge is 0.251 e. The Balaban J connectivity index is 1.43. The fourth-order valence-corrected chi connectivity index (χ4v) is 5.47. The van der Waals surface area contributed by atoms with Crippen LogP contribution in [0.25, 0.3) is 10.8 Å². The van der Waals surface area contributed by atoms with Crippen molar-refractivity contribution in [2.45, 2.75) is 58.0 Å². The molecule has 1 aliphatic rings. The Hall–Kier alpha value is -2.96. The number of fused-ring (bicyclic) bond motifs is 1. The van der Waals surface area contributed by atoms with E-state index in [1.165, 1.54) is 10.4 Å². The molecule has 1 aliphatic heterocycles. The SMILES string of the molecule is CC[C@H](CN1CC[C@H](CNC(=O)c2ccc3cc(Cl)ccc3c2)C[C@@H](CNC(C)C)[N+]1=O)c1ccccc1. The molecular weight excluding hydrogens is 496 g/mol. The number of nitrogens with zero attached hydrogens (tertiary/aromatic N) is 2. The minimum atomic E-state index is -0.180. The number of benzene rings is 3. The molecule has 4 rings (SSSR count). The van der Waals surface area contributed by atoms with E-state index in [4.69, 9.17) is 11.6 Å². The number of nitrogens with one attached hydrogen (secondary N) is 2. The Kier molecular flexibility index (Phi) is 9.75. The van der Waals surface area contributed by atoms with Crippen molar-refractivity contribution in [3.05, 3.63) is 87.8 Å². The Morgan fingerprint density at radius 3 is 2.53 bits per heavy atom. The second-order valence-corrected chi connectivity index (χ2v) is 11.2. The fraction of sp³-hybridized carbons (Fsp3) is 0.452. The Bertz CT molecular complexity index is 1230. The van der Waals surface area contributed by atoms with Crippen molar-refractivity contribution < 1.29 is 9.66 Å². The van der Waals surface area contributed by atoms with Crippen molar-refractivity contribution >= 4 is 28.3 Å². The van der Waals surface area contributed by atoms with E-state index in [9.17, 15) is 9.70 Å². The average molecular weight is 536 g/mol. The van der Waals surface area contributed by atoms with E-state index in [-0.39, 0.29) is 17.9 Å². The van der Waals surface area contributed by atoms with Gasteiger partial charge in [-0.15, -0.1) is 5.01 Å². The Labute approximate surface area is 231 Å². The number of amides is 1. The number of hydrogen-bond acceptors (Lipinski definition) is 3. The van der Waals surface area contributed by atoms with Gasteiger partial charge in [0.05, 0.1) is 24.5 Å². The number of carbonyl (C=O) groups excluding carboxylic acids is 1. The predicted molar refractivity (Wildman–Crippen MR) is 156 cm³/mol. The molecule has 6 nitrogen and oxygen atoms in total. The van der Waals surface area contributed by atoms with Crippen molar-refractivity contribution in [3.63, 3.8) is 0 Å². The quantitative estimate of drug-likeness (QED) is 0.304. The Morgan fingerprint density at radius 2 is 1.79 bits per heavy atom. The fourth-order valence-electron chi connectivity index (χ4n) is 5.29. The van der Waals surface area contributed by atoms with Gasteiger partial charge in [-0.2, -0.15) is 0 Å². The zero-order valence-corrected chi connectivity index (χ0v) is 23.5. The summed E-state index contributed by atoms with van der Waals surface area (Å²) in [5, 5.41) is 11.3. The van der Waals surface area contributed by atoms with E-state index in [0.717, 1.165) is 30.0 Å². The zero-order valence-electron chi connectivity index (χ0n) is 22.7. The highest BCUT2D eigenvalue weighted by atomic mass is 35.5. The van der Waals surface area contributed by atoms with Crippen LogP contribution < -0.4 is 10.6 Å². The van der Waals surface area contributed by atoms with Crippen LogP contribution in [0.15, 0.2) is 66.7 Å². The van der Waals surface area contributed by atoms with Crippen LogP contribution in [0, 0.1) is 10.8 Å². The summed E-state index contributed by atoms with van der Waals surface area (Å²) in [4.78, 5) is 27.8. The van der Waals surface area contributed by atoms with Gasteiger partial charge in [-0.1, -0.05) is 74.8 Å². The molecule has 0 saturated carbocycles. The van der Waals surface area contributed by atoms with E-state index >= 15 is 0 Å². The van der Waals surface area contributed by atoms with Crippen LogP contribution >= 0.6 is 11.6 Å². The molecule has 1 saturated heterocycles.